The van der Waals surface area contributed by atoms with E-state index in [1.807, 2.05) is 44.2 Å². The second kappa shape index (κ2) is 9.61. The first-order chi connectivity index (χ1) is 12.8. The van der Waals surface area contributed by atoms with E-state index >= 15 is 0 Å². The zero-order valence-corrected chi connectivity index (χ0v) is 16.3. The van der Waals surface area contributed by atoms with Gasteiger partial charge < -0.3 is 29.2 Å². The van der Waals surface area contributed by atoms with Crippen molar-refractivity contribution in [3.05, 3.63) is 35.9 Å². The number of esters is 1. The summed E-state index contributed by atoms with van der Waals surface area (Å²) in [5.74, 6) is -3.02. The molecule has 2 N–H and O–H groups in total. The number of ether oxygens (including phenoxy) is 4. The van der Waals surface area contributed by atoms with Gasteiger partial charge in [-0.3, -0.25) is 4.79 Å². The highest BCUT2D eigenvalue weighted by Gasteiger charge is 2.54. The van der Waals surface area contributed by atoms with Crippen LogP contribution in [0, 0.1) is 11.8 Å². The number of aliphatic hydroxyl groups excluding tert-OH is 1. The highest BCUT2D eigenvalue weighted by molar-refractivity contribution is 5.70. The summed E-state index contributed by atoms with van der Waals surface area (Å²) < 4.78 is 21.6. The van der Waals surface area contributed by atoms with E-state index in [0.29, 0.717) is 6.61 Å². The van der Waals surface area contributed by atoms with Crippen molar-refractivity contribution >= 4 is 5.97 Å². The Labute approximate surface area is 160 Å². The molecule has 0 amide bonds. The lowest BCUT2D eigenvalue weighted by Gasteiger charge is -2.49. The van der Waals surface area contributed by atoms with E-state index in [2.05, 4.69) is 0 Å². The third-order valence-electron chi connectivity index (χ3n) is 5.04. The Balaban J connectivity index is 2.08. The second-order valence-corrected chi connectivity index (χ2v) is 7.19. The molecule has 6 atom stereocenters. The second-order valence-electron chi connectivity index (χ2n) is 7.19. The lowest BCUT2D eigenvalue weighted by molar-refractivity contribution is -0.348. The Hall–Kier alpha value is -1.51. The fraction of sp³-hybridized carbons (Fsp3) is 0.650. The van der Waals surface area contributed by atoms with E-state index < -0.39 is 36.5 Å². The summed E-state index contributed by atoms with van der Waals surface area (Å²) in [4.78, 5) is 12.3. The predicted octanol–water partition coefficient (Wildman–Crippen LogP) is 1.50. The number of hydrogen-bond donors (Lipinski definition) is 2. The van der Waals surface area contributed by atoms with Crippen molar-refractivity contribution in [3.63, 3.8) is 0 Å². The zero-order valence-electron chi connectivity index (χ0n) is 16.3. The Morgan fingerprint density at radius 1 is 1.30 bits per heavy atom. The van der Waals surface area contributed by atoms with Crippen LogP contribution in [0.4, 0.5) is 0 Å². The molecular weight excluding hydrogens is 352 g/mol. The predicted molar refractivity (Wildman–Crippen MR) is 97.7 cm³/mol. The standard InChI is InChI=1S/C20H30O7/c1-13(11-24-3)18-14(2)17(22)19(25-4)20(23,27-18)10-16(21)26-12-15-8-6-5-7-9-15/h5-9,13-14,17-19,22-23H,10-12H2,1-4H3/t13-,14-,17-,18-,19+,20+/m0/s1. The number of hydrogen-bond acceptors (Lipinski definition) is 7. The van der Waals surface area contributed by atoms with Crippen molar-refractivity contribution in [1.29, 1.82) is 0 Å². The van der Waals surface area contributed by atoms with Crippen molar-refractivity contribution in [1.82, 2.24) is 0 Å². The lowest BCUT2D eigenvalue weighted by atomic mass is 9.80. The minimum atomic E-state index is -1.99. The smallest absolute Gasteiger partial charge is 0.311 e. The number of methoxy groups -OCH3 is 2. The Bertz CT molecular complexity index is 593. The molecule has 0 saturated carbocycles. The third kappa shape index (κ3) is 5.27. The van der Waals surface area contributed by atoms with Gasteiger partial charge in [-0.15, -0.1) is 0 Å². The molecule has 7 nitrogen and oxygen atoms in total. The Morgan fingerprint density at radius 2 is 1.96 bits per heavy atom. The summed E-state index contributed by atoms with van der Waals surface area (Å²) in [6.45, 7) is 4.21. The van der Waals surface area contributed by atoms with E-state index in [0.717, 1.165) is 5.56 Å². The molecular formula is C20H30O7. The topological polar surface area (TPSA) is 94.5 Å². The monoisotopic (exact) mass is 382 g/mol. The van der Waals surface area contributed by atoms with Crippen LogP contribution in [0.15, 0.2) is 30.3 Å². The number of carbonyl (C=O) groups is 1. The molecule has 1 aromatic rings. The number of rotatable bonds is 8. The van der Waals surface area contributed by atoms with Crippen LogP contribution >= 0.6 is 0 Å². The quantitative estimate of drug-likeness (QED) is 0.658. The third-order valence-corrected chi connectivity index (χ3v) is 5.04. The molecule has 1 aliphatic rings. The average Bonchev–Trinajstić information content (AvgIpc) is 2.64. The highest BCUT2D eigenvalue weighted by Crippen LogP contribution is 2.38. The molecule has 1 saturated heterocycles. The largest absolute Gasteiger partial charge is 0.461 e. The van der Waals surface area contributed by atoms with Crippen LogP contribution in [0.25, 0.3) is 0 Å². The fourth-order valence-corrected chi connectivity index (χ4v) is 3.60. The Kier molecular flexibility index (Phi) is 7.76. The summed E-state index contributed by atoms with van der Waals surface area (Å²) in [5.41, 5.74) is 0.839. The van der Waals surface area contributed by atoms with Crippen LogP contribution in [0.1, 0.15) is 25.8 Å². The van der Waals surface area contributed by atoms with Gasteiger partial charge in [0.05, 0.1) is 18.8 Å². The summed E-state index contributed by atoms with van der Waals surface area (Å²) in [6, 6.07) is 9.25. The zero-order chi connectivity index (χ0) is 20.0. The molecule has 0 aromatic heterocycles. The molecule has 1 heterocycles. The molecule has 1 aliphatic heterocycles. The van der Waals surface area contributed by atoms with Crippen molar-refractivity contribution in [2.45, 2.75) is 51.0 Å². The maximum Gasteiger partial charge on any atom is 0.311 e. The van der Waals surface area contributed by atoms with Gasteiger partial charge in [0.25, 0.3) is 0 Å². The molecule has 152 valence electrons. The van der Waals surface area contributed by atoms with Crippen LogP contribution in [-0.4, -0.2) is 61.1 Å². The van der Waals surface area contributed by atoms with E-state index in [1.165, 1.54) is 7.11 Å². The van der Waals surface area contributed by atoms with E-state index in [1.54, 1.807) is 7.11 Å². The fourth-order valence-electron chi connectivity index (χ4n) is 3.60. The number of aliphatic hydroxyl groups is 2. The van der Waals surface area contributed by atoms with Gasteiger partial charge in [-0.05, 0) is 5.56 Å². The lowest BCUT2D eigenvalue weighted by Crippen LogP contribution is -2.64. The molecule has 0 bridgehead atoms. The summed E-state index contributed by atoms with van der Waals surface area (Å²) in [5, 5.41) is 21.6. The van der Waals surface area contributed by atoms with Crippen molar-refractivity contribution in [2.24, 2.45) is 11.8 Å². The maximum absolute atomic E-state index is 12.3. The van der Waals surface area contributed by atoms with Gasteiger partial charge in [-0.25, -0.2) is 0 Å². The van der Waals surface area contributed by atoms with Gasteiger partial charge in [-0.2, -0.15) is 0 Å². The first-order valence-electron chi connectivity index (χ1n) is 9.12. The molecule has 1 aromatic carbocycles. The van der Waals surface area contributed by atoms with Crippen LogP contribution < -0.4 is 0 Å². The van der Waals surface area contributed by atoms with E-state index in [4.69, 9.17) is 18.9 Å². The van der Waals surface area contributed by atoms with Crippen LogP contribution in [0.3, 0.4) is 0 Å². The van der Waals surface area contributed by atoms with Crippen molar-refractivity contribution in [3.8, 4) is 0 Å². The molecule has 0 spiro atoms. The molecule has 0 radical (unpaired) electrons. The minimum absolute atomic E-state index is 0.0931. The average molecular weight is 382 g/mol. The molecule has 0 aliphatic carbocycles. The van der Waals surface area contributed by atoms with Crippen LogP contribution in [0.2, 0.25) is 0 Å². The first kappa shape index (κ1) is 21.8. The van der Waals surface area contributed by atoms with E-state index in [-0.39, 0.29) is 18.4 Å². The minimum Gasteiger partial charge on any atom is -0.461 e. The summed E-state index contributed by atoms with van der Waals surface area (Å²) in [6.07, 6.45) is -3.01. The Morgan fingerprint density at radius 3 is 2.56 bits per heavy atom. The molecule has 2 rings (SSSR count). The molecule has 7 heteroatoms. The van der Waals surface area contributed by atoms with Gasteiger partial charge in [0.15, 0.2) is 0 Å². The molecule has 0 unspecified atom stereocenters. The van der Waals surface area contributed by atoms with Crippen molar-refractivity contribution in [2.75, 3.05) is 20.8 Å². The number of carbonyl (C=O) groups excluding carboxylic acids is 1. The van der Waals surface area contributed by atoms with Gasteiger partial charge in [-0.1, -0.05) is 44.2 Å². The van der Waals surface area contributed by atoms with Gasteiger partial charge in [0.2, 0.25) is 5.79 Å². The van der Waals surface area contributed by atoms with Gasteiger partial charge in [0.1, 0.15) is 19.1 Å². The van der Waals surface area contributed by atoms with Gasteiger partial charge in [0, 0.05) is 26.1 Å². The van der Waals surface area contributed by atoms with Crippen molar-refractivity contribution < 1.29 is 34.0 Å². The summed E-state index contributed by atoms with van der Waals surface area (Å²) >= 11 is 0. The highest BCUT2D eigenvalue weighted by atomic mass is 16.7. The van der Waals surface area contributed by atoms with Crippen LogP contribution in [-0.2, 0) is 30.3 Å². The van der Waals surface area contributed by atoms with E-state index in [9.17, 15) is 15.0 Å². The molecule has 27 heavy (non-hydrogen) atoms. The van der Waals surface area contributed by atoms with Gasteiger partial charge >= 0.3 is 5.97 Å². The number of benzene rings is 1. The summed E-state index contributed by atoms with van der Waals surface area (Å²) in [7, 11) is 2.94. The molecule has 1 fully saturated rings. The van der Waals surface area contributed by atoms with Crippen LogP contribution in [0.5, 0.6) is 0 Å². The SMILES string of the molecule is COC[C@H](C)[C@@H]1O[C@](O)(CC(=O)OCc2ccccc2)[C@H](OC)[C@@H](O)[C@@H]1C. The normalized spacial score (nSPS) is 32.1. The maximum atomic E-state index is 12.3. The first-order valence-corrected chi connectivity index (χ1v) is 9.12.